The number of fused-ring (bicyclic) bond motifs is 1. The maximum atomic E-state index is 14.0. The minimum Gasteiger partial charge on any atom is -0.455 e. The molecule has 1 amide bonds. The monoisotopic (exact) mass is 890 g/mol. The molecule has 14 nitrogen and oxygen atoms in total. The number of benzene rings is 3. The number of pyridine rings is 1. The number of nitro benzene ring substituents is 1. The van der Waals surface area contributed by atoms with Crippen molar-refractivity contribution in [2.24, 2.45) is 16.3 Å². The predicted molar refractivity (Wildman–Crippen MR) is 247 cm³/mol. The van der Waals surface area contributed by atoms with Crippen LogP contribution in [0.2, 0.25) is 5.02 Å². The topological polar surface area (TPSA) is 181 Å². The van der Waals surface area contributed by atoms with Gasteiger partial charge in [-0.2, -0.15) is 0 Å². The number of ether oxygens (including phenoxy) is 2. The van der Waals surface area contributed by atoms with Gasteiger partial charge in [-0.25, -0.2) is 9.19 Å². The molecule has 2 saturated heterocycles. The van der Waals surface area contributed by atoms with E-state index in [4.69, 9.17) is 26.8 Å². The average molecular weight is 891 g/mol. The van der Waals surface area contributed by atoms with E-state index in [1.54, 1.807) is 18.5 Å². The lowest BCUT2D eigenvalue weighted by Gasteiger charge is -2.47. The SMILES string of the molecule is Nc1c(C=NCC2CCOCC2)cc(S(=O)NC(=O)c2ccc(N3CCN(CC4=C(c5ccc(Cl)cc5)CC5(CCC5)CC4)CC3)cc2Oc2cnc3[nH]ccc3c2)cc1[N+](=O)[O-]. The van der Waals surface area contributed by atoms with E-state index in [2.05, 4.69) is 41.6 Å². The minimum absolute atomic E-state index is 0.00246. The van der Waals surface area contributed by atoms with Crippen LogP contribution in [0, 0.1) is 21.4 Å². The Balaban J connectivity index is 0.929. The number of aliphatic imine (C=N–C) groups is 1. The summed E-state index contributed by atoms with van der Waals surface area (Å²) in [6.45, 7) is 6.05. The van der Waals surface area contributed by atoms with Gasteiger partial charge in [-0.15, -0.1) is 0 Å². The van der Waals surface area contributed by atoms with Gasteiger partial charge in [0.2, 0.25) is 0 Å². The Labute approximate surface area is 373 Å². The fraction of sp³-hybridized carbons (Fsp3) is 0.383. The highest BCUT2D eigenvalue weighted by Gasteiger charge is 2.41. The number of carbonyl (C=O) groups excluding carboxylic acids is 1. The van der Waals surface area contributed by atoms with Crippen molar-refractivity contribution in [3.8, 4) is 11.5 Å². The van der Waals surface area contributed by atoms with Gasteiger partial charge in [0.25, 0.3) is 11.6 Å². The first-order valence-corrected chi connectivity index (χ1v) is 23.2. The van der Waals surface area contributed by atoms with E-state index < -0.39 is 27.5 Å². The van der Waals surface area contributed by atoms with Crippen molar-refractivity contribution in [2.75, 3.05) is 63.1 Å². The number of carbonyl (C=O) groups is 1. The first kappa shape index (κ1) is 42.7. The van der Waals surface area contributed by atoms with Crippen molar-refractivity contribution in [1.29, 1.82) is 0 Å². The molecule has 1 spiro atoms. The van der Waals surface area contributed by atoms with E-state index in [1.165, 1.54) is 54.7 Å². The molecule has 9 rings (SSSR count). The molecule has 3 fully saturated rings. The number of anilines is 2. The van der Waals surface area contributed by atoms with Crippen molar-refractivity contribution >= 4 is 68.4 Å². The van der Waals surface area contributed by atoms with E-state index in [9.17, 15) is 19.1 Å². The molecule has 2 aromatic heterocycles. The van der Waals surface area contributed by atoms with Crippen molar-refractivity contribution < 1.29 is 23.4 Å². The summed E-state index contributed by atoms with van der Waals surface area (Å²) in [5.41, 5.74) is 12.4. The number of nitrogen functional groups attached to an aromatic ring is 1. The number of halogens is 1. The maximum Gasteiger partial charge on any atom is 0.294 e. The quantitative estimate of drug-likeness (QED) is 0.0448. The molecule has 5 aromatic rings. The fourth-order valence-corrected chi connectivity index (χ4v) is 10.3. The second-order valence-electron chi connectivity index (χ2n) is 17.2. The number of aromatic amines is 1. The molecule has 1 saturated carbocycles. The van der Waals surface area contributed by atoms with E-state index in [-0.39, 0.29) is 27.5 Å². The van der Waals surface area contributed by atoms with Gasteiger partial charge < -0.3 is 25.1 Å². The molecule has 1 atom stereocenters. The third kappa shape index (κ3) is 9.66. The zero-order chi connectivity index (χ0) is 43.5. The molecular weight excluding hydrogens is 840 g/mol. The summed E-state index contributed by atoms with van der Waals surface area (Å²) in [5, 5.41) is 13.6. The summed E-state index contributed by atoms with van der Waals surface area (Å²) in [4.78, 5) is 42.3. The number of nitrogens with zero attached hydrogens (tertiary/aromatic N) is 5. The van der Waals surface area contributed by atoms with Gasteiger partial charge in [-0.05, 0) is 110 Å². The number of piperazine rings is 1. The molecule has 3 aromatic carbocycles. The molecule has 4 heterocycles. The van der Waals surface area contributed by atoms with E-state index in [1.807, 2.05) is 36.4 Å². The Bertz CT molecular complexity index is 2600. The second-order valence-corrected chi connectivity index (χ2v) is 18.9. The summed E-state index contributed by atoms with van der Waals surface area (Å²) in [6.07, 6.45) is 14.1. The third-order valence-corrected chi connectivity index (χ3v) is 14.5. The zero-order valence-corrected chi connectivity index (χ0v) is 36.6. The highest BCUT2D eigenvalue weighted by atomic mass is 35.5. The number of aromatic nitrogens is 2. The fourth-order valence-electron chi connectivity index (χ4n) is 9.33. The smallest absolute Gasteiger partial charge is 0.294 e. The molecular formula is C47H51ClN8O6S. The van der Waals surface area contributed by atoms with Crippen LogP contribution in [0.15, 0.2) is 94.6 Å². The van der Waals surface area contributed by atoms with Crippen LogP contribution < -0.4 is 20.1 Å². The van der Waals surface area contributed by atoms with Crippen LogP contribution in [0.5, 0.6) is 11.5 Å². The number of hydrogen-bond acceptors (Lipinski definition) is 11. The Morgan fingerprint density at radius 1 is 1.08 bits per heavy atom. The summed E-state index contributed by atoms with van der Waals surface area (Å²) in [6, 6.07) is 20.0. The van der Waals surface area contributed by atoms with Crippen LogP contribution in [-0.4, -0.2) is 88.6 Å². The number of amides is 1. The Kier molecular flexibility index (Phi) is 12.6. The molecule has 0 radical (unpaired) electrons. The molecule has 63 heavy (non-hydrogen) atoms. The van der Waals surface area contributed by atoms with Crippen molar-refractivity contribution in [2.45, 2.75) is 56.3 Å². The molecule has 4 aliphatic rings. The van der Waals surface area contributed by atoms with Crippen LogP contribution >= 0.6 is 11.6 Å². The number of nitrogens with two attached hydrogens (primary N) is 1. The number of hydrogen-bond donors (Lipinski definition) is 3. The Hall–Kier alpha value is -5.61. The Morgan fingerprint density at radius 3 is 2.62 bits per heavy atom. The number of rotatable bonds is 13. The van der Waals surface area contributed by atoms with E-state index in [0.717, 1.165) is 80.6 Å². The highest BCUT2D eigenvalue weighted by molar-refractivity contribution is 7.83. The van der Waals surface area contributed by atoms with Gasteiger partial charge in [0.1, 0.15) is 22.8 Å². The van der Waals surface area contributed by atoms with Gasteiger partial charge in [0, 0.05) is 98.7 Å². The summed E-state index contributed by atoms with van der Waals surface area (Å²) < 4.78 is 28.2. The zero-order valence-electron chi connectivity index (χ0n) is 35.0. The normalized spacial score (nSPS) is 18.8. The summed E-state index contributed by atoms with van der Waals surface area (Å²) >= 11 is 6.29. The lowest BCUT2D eigenvalue weighted by molar-refractivity contribution is -0.384. The largest absolute Gasteiger partial charge is 0.455 e. The number of H-pyrrole nitrogens is 1. The maximum absolute atomic E-state index is 14.0. The summed E-state index contributed by atoms with van der Waals surface area (Å²) in [5.74, 6) is 0.300. The van der Waals surface area contributed by atoms with Gasteiger partial charge in [0.05, 0.1) is 21.6 Å². The lowest BCUT2D eigenvalue weighted by Crippen LogP contribution is -2.47. The highest BCUT2D eigenvalue weighted by Crippen LogP contribution is 2.55. The second kappa shape index (κ2) is 18.6. The third-order valence-electron chi connectivity index (χ3n) is 13.2. The molecule has 0 bridgehead atoms. The van der Waals surface area contributed by atoms with Crippen molar-refractivity contribution in [3.63, 3.8) is 0 Å². The molecule has 2 aliphatic heterocycles. The van der Waals surface area contributed by atoms with E-state index in [0.29, 0.717) is 42.5 Å². The van der Waals surface area contributed by atoms with Crippen molar-refractivity contribution in [1.82, 2.24) is 19.6 Å². The van der Waals surface area contributed by atoms with Crippen LogP contribution in [0.4, 0.5) is 17.1 Å². The molecule has 16 heteroatoms. The number of nitro groups is 1. The molecule has 2 aliphatic carbocycles. The minimum atomic E-state index is -2.21. The average Bonchev–Trinajstić information content (AvgIpc) is 3.75. The van der Waals surface area contributed by atoms with Crippen LogP contribution in [-0.2, 0) is 15.7 Å². The summed E-state index contributed by atoms with van der Waals surface area (Å²) in [7, 11) is -2.21. The van der Waals surface area contributed by atoms with Gasteiger partial charge in [-0.3, -0.25) is 29.5 Å². The van der Waals surface area contributed by atoms with Gasteiger partial charge >= 0.3 is 0 Å². The van der Waals surface area contributed by atoms with E-state index >= 15 is 0 Å². The Morgan fingerprint density at radius 2 is 1.87 bits per heavy atom. The number of nitrogens with one attached hydrogen (secondary N) is 2. The lowest BCUT2D eigenvalue weighted by atomic mass is 9.59. The van der Waals surface area contributed by atoms with Crippen molar-refractivity contribution in [3.05, 3.63) is 117 Å². The first-order chi connectivity index (χ1) is 30.6. The molecule has 1 unspecified atom stereocenters. The molecule has 4 N–H and O–H groups in total. The van der Waals surface area contributed by atoms with Gasteiger partial charge in [-0.1, -0.05) is 35.7 Å². The van der Waals surface area contributed by atoms with Gasteiger partial charge in [0.15, 0.2) is 11.0 Å². The first-order valence-electron chi connectivity index (χ1n) is 21.7. The molecule has 328 valence electrons. The number of allylic oxidation sites excluding steroid dienone is 1. The van der Waals surface area contributed by atoms with Crippen LogP contribution in [0.3, 0.4) is 0 Å². The van der Waals surface area contributed by atoms with Crippen LogP contribution in [0.25, 0.3) is 16.6 Å². The standard InChI is InChI=1S/C47H51ClN8O6S/c48-36-4-2-32(3-5-36)41-26-47(12-1-13-47)14-8-34(41)30-54-16-18-55(19-17-54)37-6-7-40(43(24-37)62-38-22-33-9-15-51-45(33)52-29-38)46(57)53-63(60)39-23-35(44(49)42(25-39)56(58)59)28-50-27-31-10-20-61-21-11-31/h2-7,9,15,22-25,28-29,31H,1,8,10-14,16-21,26-27,30,49H2,(H,51,52)(H,53,57). The van der Waals surface area contributed by atoms with Crippen LogP contribution in [0.1, 0.15) is 72.9 Å². The predicted octanol–water partition coefficient (Wildman–Crippen LogP) is 8.73.